The summed E-state index contributed by atoms with van der Waals surface area (Å²) in [7, 11) is 0. The molecular weight excluding hydrogens is 285 g/mol. The second-order valence-electron chi connectivity index (χ2n) is 4.24. The smallest absolute Gasteiger partial charge is 0.179 e. The summed E-state index contributed by atoms with van der Waals surface area (Å²) in [4.78, 5) is 14.0. The average Bonchev–Trinajstić information content (AvgIpc) is 2.31. The van der Waals surface area contributed by atoms with Crippen LogP contribution in [0.2, 0.25) is 0 Å². The largest absolute Gasteiger partial charge is 1.00 e. The first-order valence-corrected chi connectivity index (χ1v) is 5.77. The molecule has 1 saturated heterocycles. The molecule has 0 amide bonds. The molecule has 0 radical (unpaired) electrons. The molecule has 4 heteroatoms. The van der Waals surface area contributed by atoms with Crippen LogP contribution in [0.5, 0.6) is 0 Å². The molecule has 0 saturated carbocycles. The van der Waals surface area contributed by atoms with Crippen LogP contribution in [0, 0.1) is 5.82 Å². The highest BCUT2D eigenvalue weighted by Crippen LogP contribution is 2.12. The predicted octanol–water partition coefficient (Wildman–Crippen LogP) is -0.502. The number of Topliss-reactive ketones (excluding diaryl/α,β-unsaturated/α-hetero) is 1. The van der Waals surface area contributed by atoms with E-state index < -0.39 is 5.82 Å². The van der Waals surface area contributed by atoms with Crippen LogP contribution in [0.1, 0.15) is 29.6 Å². The van der Waals surface area contributed by atoms with E-state index in [-0.39, 0.29) is 28.3 Å². The van der Waals surface area contributed by atoms with Crippen molar-refractivity contribution >= 4 is 5.78 Å². The highest BCUT2D eigenvalue weighted by Gasteiger charge is 2.16. The lowest BCUT2D eigenvalue weighted by atomic mass is 10.1. The molecule has 1 fully saturated rings. The molecule has 2 nitrogen and oxygen atoms in total. The van der Waals surface area contributed by atoms with Crippen LogP contribution in [0.4, 0.5) is 4.39 Å². The number of nitrogens with zero attached hydrogens (tertiary/aromatic N) is 1. The minimum absolute atomic E-state index is 0. The Balaban J connectivity index is 0.00000144. The number of hydrogen-bond donors (Lipinski definition) is 0. The first kappa shape index (κ1) is 14.3. The number of carbonyl (C=O) groups is 1. The van der Waals surface area contributed by atoms with Crippen LogP contribution in [0.3, 0.4) is 0 Å². The van der Waals surface area contributed by atoms with Crippen LogP contribution < -0.4 is 17.0 Å². The van der Waals surface area contributed by atoms with E-state index in [1.165, 1.54) is 12.5 Å². The van der Waals surface area contributed by atoms with Crippen molar-refractivity contribution in [2.75, 3.05) is 19.6 Å². The molecule has 0 unspecified atom stereocenters. The maximum atomic E-state index is 13.4. The standard InChI is InChI=1S/C13H16FNO.BrH/c14-12-7-3-2-6-11(12)13(16)10-15-8-4-1-5-9-15;/h2-3,6-7H,1,4-5,8-10H2;1H/p-1. The third kappa shape index (κ3) is 3.89. The molecule has 0 atom stereocenters. The predicted molar refractivity (Wildman–Crippen MR) is 61.0 cm³/mol. The van der Waals surface area contributed by atoms with Crippen LogP contribution in [0.25, 0.3) is 0 Å². The molecule has 0 aromatic heterocycles. The normalized spacial score (nSPS) is 16.3. The fourth-order valence-corrected chi connectivity index (χ4v) is 2.09. The summed E-state index contributed by atoms with van der Waals surface area (Å²) in [6.45, 7) is 2.27. The summed E-state index contributed by atoms with van der Waals surface area (Å²) in [5.74, 6) is -0.524. The zero-order valence-corrected chi connectivity index (χ0v) is 11.2. The van der Waals surface area contributed by atoms with Gasteiger partial charge in [0.15, 0.2) is 5.78 Å². The Kier molecular flexibility index (Phi) is 5.78. The van der Waals surface area contributed by atoms with Crippen molar-refractivity contribution in [1.29, 1.82) is 0 Å². The van der Waals surface area contributed by atoms with Gasteiger partial charge in [-0.05, 0) is 38.1 Å². The Bertz CT molecular complexity index is 377. The molecule has 0 N–H and O–H groups in total. The van der Waals surface area contributed by atoms with Crippen molar-refractivity contribution in [3.63, 3.8) is 0 Å². The van der Waals surface area contributed by atoms with Gasteiger partial charge in [-0.3, -0.25) is 9.69 Å². The number of hydrogen-bond acceptors (Lipinski definition) is 2. The molecule has 0 bridgehead atoms. The summed E-state index contributed by atoms with van der Waals surface area (Å²) in [6, 6.07) is 6.20. The Morgan fingerprint density at radius 2 is 1.82 bits per heavy atom. The van der Waals surface area contributed by atoms with Gasteiger partial charge in [0.05, 0.1) is 12.1 Å². The number of halogens is 2. The SMILES string of the molecule is O=C(CN1CCCCC1)c1ccccc1F.[Br-]. The molecule has 1 aromatic rings. The molecule has 1 aliphatic rings. The molecule has 0 aliphatic carbocycles. The number of carbonyl (C=O) groups excluding carboxylic acids is 1. The maximum absolute atomic E-state index is 13.4. The van der Waals surface area contributed by atoms with Crippen LogP contribution >= 0.6 is 0 Å². The second-order valence-corrected chi connectivity index (χ2v) is 4.24. The topological polar surface area (TPSA) is 20.3 Å². The van der Waals surface area contributed by atoms with Gasteiger partial charge in [-0.25, -0.2) is 4.39 Å². The van der Waals surface area contributed by atoms with Gasteiger partial charge >= 0.3 is 0 Å². The van der Waals surface area contributed by atoms with Crippen molar-refractivity contribution in [3.05, 3.63) is 35.6 Å². The van der Waals surface area contributed by atoms with E-state index in [2.05, 4.69) is 4.90 Å². The number of benzene rings is 1. The van der Waals surface area contributed by atoms with Gasteiger partial charge in [-0.2, -0.15) is 0 Å². The van der Waals surface area contributed by atoms with Gasteiger partial charge in [0, 0.05) is 0 Å². The second kappa shape index (κ2) is 6.87. The third-order valence-corrected chi connectivity index (χ3v) is 2.99. The highest BCUT2D eigenvalue weighted by atomic mass is 79.9. The van der Waals surface area contributed by atoms with Gasteiger partial charge in [0.1, 0.15) is 5.82 Å². The van der Waals surface area contributed by atoms with Crippen molar-refractivity contribution in [1.82, 2.24) is 4.90 Å². The van der Waals surface area contributed by atoms with E-state index in [9.17, 15) is 9.18 Å². The lowest BCUT2D eigenvalue weighted by Crippen LogP contribution is -3.00. The van der Waals surface area contributed by atoms with Crippen molar-refractivity contribution in [2.24, 2.45) is 0 Å². The van der Waals surface area contributed by atoms with Crippen LogP contribution in [-0.4, -0.2) is 30.3 Å². The van der Waals surface area contributed by atoms with Crippen molar-refractivity contribution < 1.29 is 26.2 Å². The lowest BCUT2D eigenvalue weighted by Gasteiger charge is -2.25. The quantitative estimate of drug-likeness (QED) is 0.702. The Morgan fingerprint density at radius 1 is 1.18 bits per heavy atom. The van der Waals surface area contributed by atoms with E-state index >= 15 is 0 Å². The summed E-state index contributed by atoms with van der Waals surface area (Å²) in [6.07, 6.45) is 3.53. The fourth-order valence-electron chi connectivity index (χ4n) is 2.09. The van der Waals surface area contributed by atoms with Gasteiger partial charge < -0.3 is 17.0 Å². The minimum atomic E-state index is -0.412. The molecule has 0 spiro atoms. The molecule has 1 aliphatic heterocycles. The summed E-state index contributed by atoms with van der Waals surface area (Å²) in [5.41, 5.74) is 0.216. The number of rotatable bonds is 3. The van der Waals surface area contributed by atoms with Gasteiger partial charge in [0.2, 0.25) is 0 Å². The number of likely N-dealkylation sites (tertiary alicyclic amines) is 1. The monoisotopic (exact) mass is 300 g/mol. The molecule has 17 heavy (non-hydrogen) atoms. The fraction of sp³-hybridized carbons (Fsp3) is 0.462. The van der Waals surface area contributed by atoms with Crippen LogP contribution in [0.15, 0.2) is 24.3 Å². The van der Waals surface area contributed by atoms with E-state index in [0.717, 1.165) is 25.9 Å². The molecule has 1 aromatic carbocycles. The Hall–Kier alpha value is -0.740. The van der Waals surface area contributed by atoms with Gasteiger partial charge in [-0.15, -0.1) is 0 Å². The summed E-state index contributed by atoms with van der Waals surface area (Å²) in [5, 5.41) is 0. The number of piperidine rings is 1. The van der Waals surface area contributed by atoms with E-state index in [4.69, 9.17) is 0 Å². The molecular formula is C13H16BrFNO-. The van der Waals surface area contributed by atoms with Crippen LogP contribution in [-0.2, 0) is 0 Å². The average molecular weight is 301 g/mol. The maximum Gasteiger partial charge on any atom is 0.179 e. The third-order valence-electron chi connectivity index (χ3n) is 2.99. The first-order valence-electron chi connectivity index (χ1n) is 5.77. The summed E-state index contributed by atoms with van der Waals surface area (Å²) < 4.78 is 13.4. The Morgan fingerprint density at radius 3 is 2.47 bits per heavy atom. The van der Waals surface area contributed by atoms with E-state index in [1.54, 1.807) is 18.2 Å². The zero-order valence-electron chi connectivity index (χ0n) is 9.66. The minimum Gasteiger partial charge on any atom is -1.00 e. The number of ketones is 1. The summed E-state index contributed by atoms with van der Waals surface area (Å²) >= 11 is 0. The highest BCUT2D eigenvalue weighted by molar-refractivity contribution is 5.97. The van der Waals surface area contributed by atoms with Crippen molar-refractivity contribution in [2.45, 2.75) is 19.3 Å². The molecule has 2 rings (SSSR count). The van der Waals surface area contributed by atoms with E-state index in [1.807, 2.05) is 0 Å². The van der Waals surface area contributed by atoms with Gasteiger partial charge in [-0.1, -0.05) is 18.6 Å². The van der Waals surface area contributed by atoms with Gasteiger partial charge in [0.25, 0.3) is 0 Å². The van der Waals surface area contributed by atoms with E-state index in [0.29, 0.717) is 6.54 Å². The zero-order chi connectivity index (χ0) is 11.4. The molecule has 1 heterocycles. The first-order chi connectivity index (χ1) is 7.77. The van der Waals surface area contributed by atoms with Crippen molar-refractivity contribution in [3.8, 4) is 0 Å². The Labute approximate surface area is 112 Å². The lowest BCUT2D eigenvalue weighted by molar-refractivity contribution is -0.0000124. The molecule has 94 valence electrons.